The number of ether oxygens (including phenoxy) is 1. The summed E-state index contributed by atoms with van der Waals surface area (Å²) in [6.45, 7) is 4.04. The lowest BCUT2D eigenvalue weighted by Gasteiger charge is -2.12. The SMILES string of the molecule is CCOC(=O)CSc1nc(-c2ccc(C)cc2)cc(-c2ccc(F)cc2)c1C#N. The van der Waals surface area contributed by atoms with Gasteiger partial charge in [-0.05, 0) is 37.6 Å². The molecule has 0 spiro atoms. The van der Waals surface area contributed by atoms with Crippen molar-refractivity contribution in [2.24, 2.45) is 0 Å². The van der Waals surface area contributed by atoms with E-state index in [1.54, 1.807) is 19.1 Å². The van der Waals surface area contributed by atoms with E-state index in [0.29, 0.717) is 34.0 Å². The second kappa shape index (κ2) is 9.35. The van der Waals surface area contributed by atoms with E-state index in [1.807, 2.05) is 37.3 Å². The van der Waals surface area contributed by atoms with Crippen molar-refractivity contribution in [2.45, 2.75) is 18.9 Å². The maximum atomic E-state index is 13.4. The molecule has 6 heteroatoms. The molecular formula is C23H19FN2O2S. The van der Waals surface area contributed by atoms with Gasteiger partial charge in [0.15, 0.2) is 0 Å². The van der Waals surface area contributed by atoms with E-state index in [2.05, 4.69) is 11.1 Å². The van der Waals surface area contributed by atoms with Gasteiger partial charge in [0.1, 0.15) is 16.9 Å². The zero-order chi connectivity index (χ0) is 20.8. The third kappa shape index (κ3) is 5.01. The molecule has 0 aliphatic carbocycles. The number of benzene rings is 2. The number of esters is 1. The number of aromatic nitrogens is 1. The quantitative estimate of drug-likeness (QED) is 0.406. The minimum absolute atomic E-state index is 0.0513. The summed E-state index contributed by atoms with van der Waals surface area (Å²) in [5.41, 5.74) is 4.39. The van der Waals surface area contributed by atoms with Gasteiger partial charge in [-0.25, -0.2) is 9.37 Å². The fourth-order valence-corrected chi connectivity index (χ4v) is 3.59. The van der Waals surface area contributed by atoms with Gasteiger partial charge in [0.2, 0.25) is 0 Å². The Morgan fingerprint density at radius 1 is 1.14 bits per heavy atom. The molecule has 4 nitrogen and oxygen atoms in total. The molecule has 0 amide bonds. The minimum Gasteiger partial charge on any atom is -0.465 e. The van der Waals surface area contributed by atoms with Crippen LogP contribution in [0.25, 0.3) is 22.4 Å². The first kappa shape index (κ1) is 20.6. The molecule has 0 radical (unpaired) electrons. The number of nitrogens with zero attached hydrogens (tertiary/aromatic N) is 2. The highest BCUT2D eigenvalue weighted by molar-refractivity contribution is 7.99. The zero-order valence-electron chi connectivity index (χ0n) is 16.1. The average molecular weight is 406 g/mol. The third-order valence-corrected chi connectivity index (χ3v) is 5.18. The summed E-state index contributed by atoms with van der Waals surface area (Å²) in [5.74, 6) is -0.667. The van der Waals surface area contributed by atoms with Crippen molar-refractivity contribution >= 4 is 17.7 Å². The highest BCUT2D eigenvalue weighted by atomic mass is 32.2. The molecule has 29 heavy (non-hydrogen) atoms. The van der Waals surface area contributed by atoms with Gasteiger partial charge in [-0.2, -0.15) is 5.26 Å². The molecule has 0 saturated carbocycles. The Balaban J connectivity index is 2.12. The molecule has 0 aliphatic heterocycles. The number of thioether (sulfide) groups is 1. The molecule has 3 rings (SSSR count). The van der Waals surface area contributed by atoms with Crippen LogP contribution in [0.2, 0.25) is 0 Å². The molecule has 0 N–H and O–H groups in total. The van der Waals surface area contributed by atoms with Crippen LogP contribution in [0.15, 0.2) is 59.6 Å². The van der Waals surface area contributed by atoms with Crippen LogP contribution in [-0.4, -0.2) is 23.3 Å². The first-order valence-corrected chi connectivity index (χ1v) is 10.1. The first-order valence-electron chi connectivity index (χ1n) is 9.08. The summed E-state index contributed by atoms with van der Waals surface area (Å²) in [5, 5.41) is 10.2. The number of halogens is 1. The molecule has 0 atom stereocenters. The van der Waals surface area contributed by atoms with E-state index in [4.69, 9.17) is 4.74 Å². The lowest BCUT2D eigenvalue weighted by atomic mass is 9.99. The standard InChI is InChI=1S/C23H19FN2O2S/c1-3-28-22(27)14-29-23-20(13-25)19(16-8-10-18(24)11-9-16)12-21(26-23)17-6-4-15(2)5-7-17/h4-12H,3,14H2,1-2H3. The van der Waals surface area contributed by atoms with Gasteiger partial charge >= 0.3 is 5.97 Å². The van der Waals surface area contributed by atoms with Crippen LogP contribution in [-0.2, 0) is 9.53 Å². The summed E-state index contributed by atoms with van der Waals surface area (Å²) < 4.78 is 18.4. The van der Waals surface area contributed by atoms with Gasteiger partial charge in [0, 0.05) is 11.1 Å². The maximum absolute atomic E-state index is 13.4. The first-order chi connectivity index (χ1) is 14.0. The van der Waals surface area contributed by atoms with Crippen LogP contribution in [0.3, 0.4) is 0 Å². The summed E-state index contributed by atoms with van der Waals surface area (Å²) in [4.78, 5) is 16.4. The van der Waals surface area contributed by atoms with Crippen molar-refractivity contribution in [3.8, 4) is 28.5 Å². The van der Waals surface area contributed by atoms with Crippen molar-refractivity contribution in [2.75, 3.05) is 12.4 Å². The second-order valence-electron chi connectivity index (χ2n) is 6.31. The fourth-order valence-electron chi connectivity index (χ4n) is 2.79. The molecule has 0 unspecified atom stereocenters. The van der Waals surface area contributed by atoms with Crippen LogP contribution in [0.4, 0.5) is 4.39 Å². The summed E-state index contributed by atoms with van der Waals surface area (Å²) in [6.07, 6.45) is 0. The number of nitriles is 1. The van der Waals surface area contributed by atoms with E-state index in [0.717, 1.165) is 22.9 Å². The normalized spacial score (nSPS) is 10.4. The van der Waals surface area contributed by atoms with Gasteiger partial charge in [-0.3, -0.25) is 4.79 Å². The molecule has 1 heterocycles. The molecule has 0 bridgehead atoms. The Labute approximate surface area is 173 Å². The molecular weight excluding hydrogens is 387 g/mol. The molecule has 2 aromatic carbocycles. The van der Waals surface area contributed by atoms with Crippen LogP contribution in [0.1, 0.15) is 18.1 Å². The van der Waals surface area contributed by atoms with Crippen molar-refractivity contribution in [1.29, 1.82) is 5.26 Å². The number of carbonyl (C=O) groups excluding carboxylic acids is 1. The van der Waals surface area contributed by atoms with E-state index in [-0.39, 0.29) is 17.5 Å². The molecule has 0 aliphatic rings. The smallest absolute Gasteiger partial charge is 0.316 e. The minimum atomic E-state index is -0.368. The monoisotopic (exact) mass is 406 g/mol. The van der Waals surface area contributed by atoms with E-state index >= 15 is 0 Å². The Kier molecular flexibility index (Phi) is 6.63. The van der Waals surface area contributed by atoms with Gasteiger partial charge < -0.3 is 4.74 Å². The number of hydrogen-bond acceptors (Lipinski definition) is 5. The fraction of sp³-hybridized carbons (Fsp3) is 0.174. The summed E-state index contributed by atoms with van der Waals surface area (Å²) in [6, 6.07) is 17.9. The summed E-state index contributed by atoms with van der Waals surface area (Å²) in [7, 11) is 0. The lowest BCUT2D eigenvalue weighted by Crippen LogP contribution is -2.07. The van der Waals surface area contributed by atoms with Crippen molar-refractivity contribution in [3.05, 3.63) is 71.5 Å². The van der Waals surface area contributed by atoms with Crippen LogP contribution >= 0.6 is 11.8 Å². The molecule has 0 saturated heterocycles. The van der Waals surface area contributed by atoms with Crippen LogP contribution in [0.5, 0.6) is 0 Å². The predicted octanol–water partition coefficient (Wildman–Crippen LogP) is 5.39. The third-order valence-electron chi connectivity index (χ3n) is 4.23. The van der Waals surface area contributed by atoms with Crippen LogP contribution in [0, 0.1) is 24.1 Å². The number of pyridine rings is 1. The molecule has 1 aromatic heterocycles. The Morgan fingerprint density at radius 3 is 2.41 bits per heavy atom. The van der Waals surface area contributed by atoms with E-state index in [9.17, 15) is 14.4 Å². The Morgan fingerprint density at radius 2 is 1.79 bits per heavy atom. The number of rotatable bonds is 6. The van der Waals surface area contributed by atoms with Gasteiger partial charge in [0.25, 0.3) is 0 Å². The van der Waals surface area contributed by atoms with Crippen molar-refractivity contribution in [3.63, 3.8) is 0 Å². The van der Waals surface area contributed by atoms with Gasteiger partial charge in [0.05, 0.1) is 23.6 Å². The largest absolute Gasteiger partial charge is 0.465 e. The summed E-state index contributed by atoms with van der Waals surface area (Å²) >= 11 is 1.16. The van der Waals surface area contributed by atoms with E-state index < -0.39 is 0 Å². The zero-order valence-corrected chi connectivity index (χ0v) is 16.9. The molecule has 146 valence electrons. The number of aryl methyl sites for hydroxylation is 1. The van der Waals surface area contributed by atoms with E-state index in [1.165, 1.54) is 12.1 Å². The maximum Gasteiger partial charge on any atom is 0.316 e. The highest BCUT2D eigenvalue weighted by Crippen LogP contribution is 2.34. The predicted molar refractivity (Wildman–Crippen MR) is 112 cm³/mol. The second-order valence-corrected chi connectivity index (χ2v) is 7.28. The van der Waals surface area contributed by atoms with Gasteiger partial charge in [-0.1, -0.05) is 53.7 Å². The number of hydrogen-bond donors (Lipinski definition) is 0. The molecule has 0 fully saturated rings. The highest BCUT2D eigenvalue weighted by Gasteiger charge is 2.17. The van der Waals surface area contributed by atoms with Crippen molar-refractivity contribution in [1.82, 2.24) is 4.98 Å². The number of carbonyl (C=O) groups is 1. The molecule has 3 aromatic rings. The Hall–Kier alpha value is -3.17. The topological polar surface area (TPSA) is 63.0 Å². The average Bonchev–Trinajstić information content (AvgIpc) is 2.73. The van der Waals surface area contributed by atoms with Crippen LogP contribution < -0.4 is 0 Å². The van der Waals surface area contributed by atoms with Crippen molar-refractivity contribution < 1.29 is 13.9 Å². The Bertz CT molecular complexity index is 1060. The lowest BCUT2D eigenvalue weighted by molar-refractivity contribution is -0.139. The van der Waals surface area contributed by atoms with Gasteiger partial charge in [-0.15, -0.1) is 0 Å².